The number of fused-ring (bicyclic) bond motifs is 1. The Bertz CT molecular complexity index is 888. The third-order valence-corrected chi connectivity index (χ3v) is 4.66. The van der Waals surface area contributed by atoms with Crippen LogP contribution >= 0.6 is 0 Å². The maximum Gasteiger partial charge on any atom is 0.225 e. The van der Waals surface area contributed by atoms with Crippen molar-refractivity contribution in [2.24, 2.45) is 5.92 Å². The number of para-hydroxylation sites is 1. The highest BCUT2D eigenvalue weighted by molar-refractivity contribution is 5.80. The molecule has 0 saturated carbocycles. The maximum atomic E-state index is 12.6. The Hall–Kier alpha value is -2.56. The molecule has 5 heteroatoms. The predicted octanol–water partition coefficient (Wildman–Crippen LogP) is 4.32. The summed E-state index contributed by atoms with van der Waals surface area (Å²) < 4.78 is 7.85. The zero-order valence-electron chi connectivity index (χ0n) is 16.2. The van der Waals surface area contributed by atoms with Gasteiger partial charge in [0.15, 0.2) is 0 Å². The van der Waals surface area contributed by atoms with Gasteiger partial charge in [-0.3, -0.25) is 9.48 Å². The minimum Gasteiger partial charge on any atom is -0.459 e. The molecule has 5 nitrogen and oxygen atoms in total. The number of aromatic nitrogens is 2. The zero-order valence-corrected chi connectivity index (χ0v) is 16.2. The third-order valence-electron chi connectivity index (χ3n) is 4.66. The van der Waals surface area contributed by atoms with Crippen molar-refractivity contribution in [3.63, 3.8) is 0 Å². The molecule has 0 spiro atoms. The highest BCUT2D eigenvalue weighted by atomic mass is 16.3. The van der Waals surface area contributed by atoms with E-state index in [9.17, 15) is 4.79 Å². The van der Waals surface area contributed by atoms with E-state index >= 15 is 0 Å². The molecule has 2 heterocycles. The van der Waals surface area contributed by atoms with Gasteiger partial charge >= 0.3 is 0 Å². The lowest BCUT2D eigenvalue weighted by Crippen LogP contribution is -2.28. The number of carbonyl (C=O) groups excluding carboxylic acids is 1. The first-order valence-corrected chi connectivity index (χ1v) is 9.16. The van der Waals surface area contributed by atoms with E-state index in [4.69, 9.17) is 4.42 Å². The van der Waals surface area contributed by atoms with Crippen LogP contribution in [-0.2, 0) is 17.8 Å². The van der Waals surface area contributed by atoms with E-state index in [1.807, 2.05) is 55.8 Å². The van der Waals surface area contributed by atoms with Gasteiger partial charge in [-0.2, -0.15) is 5.10 Å². The number of carbonyl (C=O) groups is 1. The summed E-state index contributed by atoms with van der Waals surface area (Å²) in [5.41, 5.74) is 3.85. The molecule has 0 fully saturated rings. The van der Waals surface area contributed by atoms with Crippen LogP contribution in [0.1, 0.15) is 49.5 Å². The van der Waals surface area contributed by atoms with E-state index in [1.54, 1.807) is 0 Å². The molecule has 1 amide bonds. The molecule has 0 bridgehead atoms. The van der Waals surface area contributed by atoms with Gasteiger partial charge in [-0.15, -0.1) is 0 Å². The van der Waals surface area contributed by atoms with Gasteiger partial charge in [0.25, 0.3) is 0 Å². The van der Waals surface area contributed by atoms with Gasteiger partial charge in [0.2, 0.25) is 5.91 Å². The SMILES string of the molecule is Cc1nn(CC(C)C)c(C)c1CC(=O)NC(C)c1cc2ccccc2o1. The van der Waals surface area contributed by atoms with Crippen molar-refractivity contribution in [2.75, 3.05) is 0 Å². The van der Waals surface area contributed by atoms with Crippen LogP contribution in [-0.4, -0.2) is 15.7 Å². The number of rotatable bonds is 6. The Labute approximate surface area is 154 Å². The quantitative estimate of drug-likeness (QED) is 0.718. The molecule has 1 unspecified atom stereocenters. The average molecular weight is 353 g/mol. The van der Waals surface area contributed by atoms with E-state index in [2.05, 4.69) is 24.3 Å². The normalized spacial score (nSPS) is 12.7. The Kier molecular flexibility index (Phi) is 5.16. The number of benzene rings is 1. The molecule has 3 aromatic rings. The molecule has 1 N–H and O–H groups in total. The molecular formula is C21H27N3O2. The molecule has 26 heavy (non-hydrogen) atoms. The first kappa shape index (κ1) is 18.2. The number of furan rings is 1. The smallest absolute Gasteiger partial charge is 0.225 e. The molecule has 1 aromatic carbocycles. The van der Waals surface area contributed by atoms with Crippen molar-refractivity contribution in [1.82, 2.24) is 15.1 Å². The minimum atomic E-state index is -0.179. The van der Waals surface area contributed by atoms with Gasteiger partial charge in [-0.1, -0.05) is 32.0 Å². The standard InChI is InChI=1S/C21H27N3O2/c1-13(2)12-24-16(5)18(14(3)23-24)11-21(25)22-15(4)20-10-17-8-6-7-9-19(17)26-20/h6-10,13,15H,11-12H2,1-5H3,(H,22,25). The highest BCUT2D eigenvalue weighted by Gasteiger charge is 2.18. The van der Waals surface area contributed by atoms with Crippen LogP contribution in [0, 0.1) is 19.8 Å². The second-order valence-electron chi connectivity index (χ2n) is 7.38. The largest absolute Gasteiger partial charge is 0.459 e. The third kappa shape index (κ3) is 3.82. The van der Waals surface area contributed by atoms with E-state index in [-0.39, 0.29) is 11.9 Å². The fourth-order valence-corrected chi connectivity index (χ4v) is 3.25. The summed E-state index contributed by atoms with van der Waals surface area (Å²) >= 11 is 0. The Balaban J connectivity index is 1.69. The van der Waals surface area contributed by atoms with Crippen molar-refractivity contribution in [2.45, 2.75) is 53.6 Å². The molecule has 0 aliphatic rings. The van der Waals surface area contributed by atoms with Crippen LogP contribution in [0.2, 0.25) is 0 Å². The Morgan fingerprint density at radius 3 is 2.65 bits per heavy atom. The van der Waals surface area contributed by atoms with Crippen LogP contribution in [0.4, 0.5) is 0 Å². The molecule has 0 radical (unpaired) electrons. The fraction of sp³-hybridized carbons (Fsp3) is 0.429. The molecule has 0 aliphatic heterocycles. The first-order valence-electron chi connectivity index (χ1n) is 9.16. The van der Waals surface area contributed by atoms with Crippen molar-refractivity contribution in [1.29, 1.82) is 0 Å². The van der Waals surface area contributed by atoms with Gasteiger partial charge in [-0.05, 0) is 38.8 Å². The second-order valence-corrected chi connectivity index (χ2v) is 7.38. The number of amides is 1. The zero-order chi connectivity index (χ0) is 18.8. The maximum absolute atomic E-state index is 12.6. The summed E-state index contributed by atoms with van der Waals surface area (Å²) in [6.45, 7) is 11.1. The summed E-state index contributed by atoms with van der Waals surface area (Å²) in [5.74, 6) is 1.26. The van der Waals surface area contributed by atoms with E-state index in [0.29, 0.717) is 12.3 Å². The number of nitrogens with one attached hydrogen (secondary N) is 1. The summed E-state index contributed by atoms with van der Waals surface area (Å²) in [7, 11) is 0. The molecule has 2 aromatic heterocycles. The van der Waals surface area contributed by atoms with E-state index in [1.165, 1.54) is 0 Å². The van der Waals surface area contributed by atoms with E-state index in [0.717, 1.165) is 40.2 Å². The summed E-state index contributed by atoms with van der Waals surface area (Å²) in [6, 6.07) is 9.67. The number of hydrogen-bond donors (Lipinski definition) is 1. The van der Waals surface area contributed by atoms with Crippen molar-refractivity contribution < 1.29 is 9.21 Å². The average Bonchev–Trinajstić information content (AvgIpc) is 3.11. The van der Waals surface area contributed by atoms with Crippen LogP contribution in [0.25, 0.3) is 11.0 Å². The summed E-state index contributed by atoms with van der Waals surface area (Å²) in [4.78, 5) is 12.6. The van der Waals surface area contributed by atoms with Crippen molar-refractivity contribution >= 4 is 16.9 Å². The highest BCUT2D eigenvalue weighted by Crippen LogP contribution is 2.24. The van der Waals surface area contributed by atoms with Crippen LogP contribution < -0.4 is 5.32 Å². The minimum absolute atomic E-state index is 0.0201. The lowest BCUT2D eigenvalue weighted by atomic mass is 10.1. The van der Waals surface area contributed by atoms with Crippen LogP contribution in [0.15, 0.2) is 34.7 Å². The molecule has 138 valence electrons. The van der Waals surface area contributed by atoms with Crippen LogP contribution in [0.3, 0.4) is 0 Å². The van der Waals surface area contributed by atoms with Gasteiger partial charge < -0.3 is 9.73 Å². The molecule has 0 aliphatic carbocycles. The van der Waals surface area contributed by atoms with E-state index < -0.39 is 0 Å². The molecule has 3 rings (SSSR count). The Morgan fingerprint density at radius 1 is 1.23 bits per heavy atom. The first-order chi connectivity index (χ1) is 12.3. The molecule has 0 saturated heterocycles. The summed E-state index contributed by atoms with van der Waals surface area (Å²) in [5, 5.41) is 8.67. The summed E-state index contributed by atoms with van der Waals surface area (Å²) in [6.07, 6.45) is 0.334. The van der Waals surface area contributed by atoms with Crippen molar-refractivity contribution in [3.05, 3.63) is 53.0 Å². The topological polar surface area (TPSA) is 60.1 Å². The fourth-order valence-electron chi connectivity index (χ4n) is 3.25. The lowest BCUT2D eigenvalue weighted by molar-refractivity contribution is -0.121. The Morgan fingerprint density at radius 2 is 1.96 bits per heavy atom. The van der Waals surface area contributed by atoms with Gasteiger partial charge in [0.1, 0.15) is 11.3 Å². The predicted molar refractivity (Wildman–Crippen MR) is 103 cm³/mol. The second kappa shape index (κ2) is 7.36. The number of aryl methyl sites for hydroxylation is 1. The van der Waals surface area contributed by atoms with Crippen molar-refractivity contribution in [3.8, 4) is 0 Å². The number of hydrogen-bond acceptors (Lipinski definition) is 3. The lowest BCUT2D eigenvalue weighted by Gasteiger charge is -2.12. The molecular weight excluding hydrogens is 326 g/mol. The monoisotopic (exact) mass is 353 g/mol. The van der Waals surface area contributed by atoms with Gasteiger partial charge in [0, 0.05) is 23.2 Å². The number of nitrogens with zero attached hydrogens (tertiary/aromatic N) is 2. The molecule has 1 atom stereocenters. The van der Waals surface area contributed by atoms with Crippen LogP contribution in [0.5, 0.6) is 0 Å². The van der Waals surface area contributed by atoms with Gasteiger partial charge in [0.05, 0.1) is 18.2 Å². The van der Waals surface area contributed by atoms with Gasteiger partial charge in [-0.25, -0.2) is 0 Å².